The summed E-state index contributed by atoms with van der Waals surface area (Å²) < 4.78 is 4.92. The van der Waals surface area contributed by atoms with Crippen LogP contribution in [0.2, 0.25) is 0 Å². The highest BCUT2D eigenvalue weighted by Gasteiger charge is 2.34. The molecular formula is C15H15NO4. The molecule has 0 aliphatic carbocycles. The van der Waals surface area contributed by atoms with E-state index in [0.717, 1.165) is 4.90 Å². The van der Waals surface area contributed by atoms with Crippen molar-refractivity contribution in [3.63, 3.8) is 0 Å². The Hall–Kier alpha value is -2.43. The Balaban J connectivity index is 2.03. The first-order valence-electron chi connectivity index (χ1n) is 6.33. The molecule has 5 nitrogen and oxygen atoms in total. The Kier molecular flexibility index (Phi) is 3.98. The Morgan fingerprint density at radius 3 is 2.25 bits per heavy atom. The second kappa shape index (κ2) is 5.69. The van der Waals surface area contributed by atoms with Gasteiger partial charge in [-0.15, -0.1) is 0 Å². The van der Waals surface area contributed by atoms with Gasteiger partial charge in [0.25, 0.3) is 11.8 Å². The van der Waals surface area contributed by atoms with E-state index in [9.17, 15) is 14.4 Å². The van der Waals surface area contributed by atoms with Crippen molar-refractivity contribution in [2.45, 2.75) is 20.0 Å². The van der Waals surface area contributed by atoms with Crippen LogP contribution >= 0.6 is 0 Å². The average molecular weight is 273 g/mol. The zero-order valence-electron chi connectivity index (χ0n) is 11.3. The summed E-state index contributed by atoms with van der Waals surface area (Å²) in [6.45, 7) is 3.55. The molecule has 1 heterocycles. The smallest absolute Gasteiger partial charge is 0.330 e. The lowest BCUT2D eigenvalue weighted by molar-refractivity contribution is -0.141. The van der Waals surface area contributed by atoms with Gasteiger partial charge in [-0.3, -0.25) is 14.5 Å². The van der Waals surface area contributed by atoms with Gasteiger partial charge in [-0.1, -0.05) is 18.2 Å². The first kappa shape index (κ1) is 14.0. The lowest BCUT2D eigenvalue weighted by Gasteiger charge is -2.10. The molecule has 0 fully saturated rings. The van der Waals surface area contributed by atoms with E-state index in [4.69, 9.17) is 4.74 Å². The minimum atomic E-state index is -0.489. The lowest BCUT2D eigenvalue weighted by Crippen LogP contribution is -2.29. The third-order valence-corrected chi connectivity index (χ3v) is 2.77. The lowest BCUT2D eigenvalue weighted by atomic mass is 10.1. The Morgan fingerprint density at radius 1 is 1.20 bits per heavy atom. The molecule has 2 amide bonds. The number of amides is 2. The van der Waals surface area contributed by atoms with Crippen LogP contribution in [0.15, 0.2) is 36.4 Å². The van der Waals surface area contributed by atoms with Crippen LogP contribution in [0.5, 0.6) is 0 Å². The van der Waals surface area contributed by atoms with E-state index in [2.05, 4.69) is 0 Å². The number of benzene rings is 1. The molecule has 1 aromatic rings. The van der Waals surface area contributed by atoms with Crippen molar-refractivity contribution >= 4 is 17.8 Å². The molecule has 0 aromatic heterocycles. The van der Waals surface area contributed by atoms with E-state index in [1.165, 1.54) is 12.2 Å². The number of fused-ring (bicyclic) bond motifs is 1. The van der Waals surface area contributed by atoms with Crippen LogP contribution in [-0.2, 0) is 9.53 Å². The van der Waals surface area contributed by atoms with E-state index in [0.29, 0.717) is 11.1 Å². The largest absolute Gasteiger partial charge is 0.460 e. The molecule has 0 atom stereocenters. The minimum Gasteiger partial charge on any atom is -0.460 e. The fourth-order valence-electron chi connectivity index (χ4n) is 1.93. The zero-order valence-corrected chi connectivity index (χ0v) is 11.3. The number of esters is 1. The highest BCUT2D eigenvalue weighted by atomic mass is 16.5. The van der Waals surface area contributed by atoms with Crippen molar-refractivity contribution < 1.29 is 19.1 Å². The molecule has 20 heavy (non-hydrogen) atoms. The Bertz CT molecular complexity index is 554. The van der Waals surface area contributed by atoms with Crippen molar-refractivity contribution in [3.05, 3.63) is 47.5 Å². The van der Waals surface area contributed by atoms with Gasteiger partial charge in [0.15, 0.2) is 0 Å². The number of carbonyl (C=O) groups is 3. The van der Waals surface area contributed by atoms with Crippen LogP contribution in [0.4, 0.5) is 0 Å². The van der Waals surface area contributed by atoms with E-state index in [1.54, 1.807) is 38.1 Å². The van der Waals surface area contributed by atoms with E-state index >= 15 is 0 Å². The number of ether oxygens (including phenoxy) is 1. The number of hydrogen-bond acceptors (Lipinski definition) is 4. The number of hydrogen-bond donors (Lipinski definition) is 0. The molecule has 0 unspecified atom stereocenters. The van der Waals surface area contributed by atoms with Gasteiger partial charge in [0.2, 0.25) is 0 Å². The molecule has 0 saturated heterocycles. The Morgan fingerprint density at radius 2 is 1.75 bits per heavy atom. The maximum atomic E-state index is 12.0. The Labute approximate surface area is 116 Å². The quantitative estimate of drug-likeness (QED) is 0.476. The summed E-state index contributed by atoms with van der Waals surface area (Å²) >= 11 is 0. The molecule has 0 radical (unpaired) electrons. The van der Waals surface area contributed by atoms with Crippen molar-refractivity contribution in [2.75, 3.05) is 6.54 Å². The predicted octanol–water partition coefficient (Wildman–Crippen LogP) is 1.79. The normalized spacial score (nSPS) is 14.2. The fraction of sp³-hybridized carbons (Fsp3) is 0.267. The van der Waals surface area contributed by atoms with Gasteiger partial charge in [-0.05, 0) is 26.0 Å². The van der Waals surface area contributed by atoms with Gasteiger partial charge in [-0.25, -0.2) is 4.79 Å². The van der Waals surface area contributed by atoms with Crippen molar-refractivity contribution in [2.24, 2.45) is 0 Å². The maximum absolute atomic E-state index is 12.0. The van der Waals surface area contributed by atoms with Crippen LogP contribution in [0.3, 0.4) is 0 Å². The van der Waals surface area contributed by atoms with Gasteiger partial charge in [0, 0.05) is 12.6 Å². The van der Waals surface area contributed by atoms with Crippen LogP contribution in [-0.4, -0.2) is 35.3 Å². The molecule has 0 bridgehead atoms. The highest BCUT2D eigenvalue weighted by Crippen LogP contribution is 2.21. The van der Waals surface area contributed by atoms with Gasteiger partial charge >= 0.3 is 5.97 Å². The molecule has 1 aliphatic rings. The van der Waals surface area contributed by atoms with Crippen molar-refractivity contribution in [1.29, 1.82) is 0 Å². The summed E-state index contributed by atoms with van der Waals surface area (Å²) in [6, 6.07) is 6.66. The summed E-state index contributed by atoms with van der Waals surface area (Å²) in [5.74, 6) is -1.17. The molecule has 2 rings (SSSR count). The second-order valence-electron chi connectivity index (χ2n) is 4.65. The zero-order chi connectivity index (χ0) is 14.7. The highest BCUT2D eigenvalue weighted by molar-refractivity contribution is 6.21. The van der Waals surface area contributed by atoms with E-state index in [1.807, 2.05) is 0 Å². The summed E-state index contributed by atoms with van der Waals surface area (Å²) in [5.41, 5.74) is 0.798. The monoisotopic (exact) mass is 273 g/mol. The molecule has 0 saturated carbocycles. The average Bonchev–Trinajstić information content (AvgIpc) is 2.63. The molecule has 1 aromatic carbocycles. The van der Waals surface area contributed by atoms with Crippen LogP contribution in [0.25, 0.3) is 0 Å². The molecule has 0 spiro atoms. The number of rotatable bonds is 4. The van der Waals surface area contributed by atoms with Gasteiger partial charge in [-0.2, -0.15) is 0 Å². The summed E-state index contributed by atoms with van der Waals surface area (Å²) in [4.78, 5) is 36.4. The standard InChI is InChI=1S/C15H15NO4/c1-10(2)20-13(17)8-5-9-16-14(18)11-6-3-4-7-12(11)15(16)19/h3-8,10H,9H2,1-2H3/b8-5+. The first-order chi connectivity index (χ1) is 9.50. The van der Waals surface area contributed by atoms with Gasteiger partial charge in [0.1, 0.15) is 0 Å². The van der Waals surface area contributed by atoms with Crippen LogP contribution < -0.4 is 0 Å². The maximum Gasteiger partial charge on any atom is 0.330 e. The van der Waals surface area contributed by atoms with Crippen LogP contribution in [0, 0.1) is 0 Å². The minimum absolute atomic E-state index is 0.0551. The number of imide groups is 1. The third kappa shape index (κ3) is 2.77. The molecular weight excluding hydrogens is 258 g/mol. The van der Waals surface area contributed by atoms with Crippen molar-refractivity contribution in [1.82, 2.24) is 4.90 Å². The fourth-order valence-corrected chi connectivity index (χ4v) is 1.93. The van der Waals surface area contributed by atoms with Crippen LogP contribution in [0.1, 0.15) is 34.6 Å². The van der Waals surface area contributed by atoms with Crippen molar-refractivity contribution in [3.8, 4) is 0 Å². The first-order valence-corrected chi connectivity index (χ1v) is 6.33. The van der Waals surface area contributed by atoms with Gasteiger partial charge < -0.3 is 4.74 Å². The van der Waals surface area contributed by atoms with E-state index < -0.39 is 5.97 Å². The number of carbonyl (C=O) groups excluding carboxylic acids is 3. The molecule has 0 N–H and O–H groups in total. The molecule has 104 valence electrons. The molecule has 1 aliphatic heterocycles. The summed E-state index contributed by atoms with van der Waals surface area (Å²) in [5, 5.41) is 0. The summed E-state index contributed by atoms with van der Waals surface area (Å²) in [7, 11) is 0. The predicted molar refractivity (Wildman–Crippen MR) is 72.2 cm³/mol. The SMILES string of the molecule is CC(C)OC(=O)/C=C/CN1C(=O)c2ccccc2C1=O. The number of nitrogens with zero attached hydrogens (tertiary/aromatic N) is 1. The van der Waals surface area contributed by atoms with E-state index in [-0.39, 0.29) is 24.5 Å². The van der Waals surface area contributed by atoms with Gasteiger partial charge in [0.05, 0.1) is 17.2 Å². The second-order valence-corrected chi connectivity index (χ2v) is 4.65. The summed E-state index contributed by atoms with van der Waals surface area (Å²) in [6.07, 6.45) is 2.47. The topological polar surface area (TPSA) is 63.7 Å². The molecule has 5 heteroatoms. The third-order valence-electron chi connectivity index (χ3n) is 2.77.